The molecule has 0 heterocycles. The van der Waals surface area contributed by atoms with Crippen LogP contribution >= 0.6 is 0 Å². The molecule has 9 heteroatoms. The van der Waals surface area contributed by atoms with Crippen LogP contribution in [-0.4, -0.2) is 37.0 Å². The summed E-state index contributed by atoms with van der Waals surface area (Å²) in [7, 11) is 1.29. The number of ether oxygens (including phenoxy) is 1. The van der Waals surface area contributed by atoms with E-state index in [-0.39, 0.29) is 30.2 Å². The van der Waals surface area contributed by atoms with Crippen LogP contribution in [0.1, 0.15) is 41.8 Å². The van der Waals surface area contributed by atoms with Gasteiger partial charge in [-0.2, -0.15) is 0 Å². The third kappa shape index (κ3) is 8.99. The fourth-order valence-electron chi connectivity index (χ4n) is 3.91. The molecule has 0 unspecified atom stereocenters. The molecule has 0 aromatic heterocycles. The highest BCUT2D eigenvalue weighted by Crippen LogP contribution is 2.16. The SMILES string of the molecule is COC(=O)c1cccc(NC(=O)[C@H](CC(C)C)NC(=O)Cc2ccc(NC(=O)Nc3ccccc3C)cc2)c1. The Kier molecular flexibility index (Phi) is 10.2. The van der Waals surface area contributed by atoms with Crippen molar-refractivity contribution in [3.05, 3.63) is 89.5 Å². The Hall–Kier alpha value is -4.66. The van der Waals surface area contributed by atoms with Crippen LogP contribution in [0.2, 0.25) is 0 Å². The lowest BCUT2D eigenvalue weighted by Gasteiger charge is -2.20. The third-order valence-electron chi connectivity index (χ3n) is 5.88. The molecule has 0 spiro atoms. The van der Waals surface area contributed by atoms with Gasteiger partial charge in [0.05, 0.1) is 19.1 Å². The lowest BCUT2D eigenvalue weighted by atomic mass is 10.0. The Morgan fingerprint density at radius 1 is 0.821 bits per heavy atom. The van der Waals surface area contributed by atoms with E-state index in [9.17, 15) is 19.2 Å². The Labute approximate surface area is 228 Å². The predicted octanol–water partition coefficient (Wildman–Crippen LogP) is 5.14. The molecule has 3 rings (SSSR count). The van der Waals surface area contributed by atoms with E-state index in [2.05, 4.69) is 21.3 Å². The molecule has 0 radical (unpaired) electrons. The van der Waals surface area contributed by atoms with Crippen LogP contribution in [0.25, 0.3) is 0 Å². The molecule has 1 atom stereocenters. The van der Waals surface area contributed by atoms with Crippen molar-refractivity contribution in [3.63, 3.8) is 0 Å². The second kappa shape index (κ2) is 13.8. The Morgan fingerprint density at radius 3 is 2.21 bits per heavy atom. The van der Waals surface area contributed by atoms with Gasteiger partial charge >= 0.3 is 12.0 Å². The first-order chi connectivity index (χ1) is 18.6. The van der Waals surface area contributed by atoms with Gasteiger partial charge in [0.15, 0.2) is 0 Å². The smallest absolute Gasteiger partial charge is 0.337 e. The molecular formula is C30H34N4O5. The van der Waals surface area contributed by atoms with Gasteiger partial charge in [0.25, 0.3) is 0 Å². The molecule has 4 N–H and O–H groups in total. The summed E-state index contributed by atoms with van der Waals surface area (Å²) in [5.74, 6) is -1.04. The number of carbonyl (C=O) groups is 4. The maximum Gasteiger partial charge on any atom is 0.337 e. The van der Waals surface area contributed by atoms with E-state index < -0.39 is 12.0 Å². The fourth-order valence-corrected chi connectivity index (χ4v) is 3.91. The highest BCUT2D eigenvalue weighted by Gasteiger charge is 2.22. The Balaban J connectivity index is 1.57. The summed E-state index contributed by atoms with van der Waals surface area (Å²) in [6.45, 7) is 5.84. The highest BCUT2D eigenvalue weighted by atomic mass is 16.5. The first-order valence-electron chi connectivity index (χ1n) is 12.7. The van der Waals surface area contributed by atoms with Crippen molar-refractivity contribution in [3.8, 4) is 0 Å². The number of carbonyl (C=O) groups excluding carboxylic acids is 4. The summed E-state index contributed by atoms with van der Waals surface area (Å²) in [5, 5.41) is 11.2. The van der Waals surface area contributed by atoms with E-state index in [1.807, 2.05) is 45.0 Å². The number of hydrogen-bond donors (Lipinski definition) is 4. The zero-order valence-electron chi connectivity index (χ0n) is 22.5. The summed E-state index contributed by atoms with van der Waals surface area (Å²) in [6, 6.07) is 19.7. The van der Waals surface area contributed by atoms with Crippen LogP contribution in [-0.2, 0) is 20.7 Å². The van der Waals surface area contributed by atoms with Crippen molar-refractivity contribution < 1.29 is 23.9 Å². The quantitative estimate of drug-likeness (QED) is 0.270. The van der Waals surface area contributed by atoms with Gasteiger partial charge in [0, 0.05) is 17.1 Å². The van der Waals surface area contributed by atoms with Crippen molar-refractivity contribution in [2.75, 3.05) is 23.1 Å². The summed E-state index contributed by atoms with van der Waals surface area (Å²) >= 11 is 0. The fraction of sp³-hybridized carbons (Fsp3) is 0.267. The van der Waals surface area contributed by atoms with Crippen molar-refractivity contribution in [2.24, 2.45) is 5.92 Å². The number of urea groups is 1. The molecule has 0 aliphatic carbocycles. The van der Waals surface area contributed by atoms with Crippen LogP contribution in [0.3, 0.4) is 0 Å². The van der Waals surface area contributed by atoms with Crippen LogP contribution in [0.15, 0.2) is 72.8 Å². The van der Waals surface area contributed by atoms with Crippen LogP contribution < -0.4 is 21.3 Å². The van der Waals surface area contributed by atoms with Crippen LogP contribution in [0.5, 0.6) is 0 Å². The number of para-hydroxylation sites is 1. The summed E-state index contributed by atoms with van der Waals surface area (Å²) < 4.78 is 4.73. The van der Waals surface area contributed by atoms with E-state index in [1.165, 1.54) is 13.2 Å². The molecule has 0 fully saturated rings. The number of amides is 4. The van der Waals surface area contributed by atoms with Gasteiger partial charge in [-0.25, -0.2) is 9.59 Å². The number of benzene rings is 3. The number of nitrogens with one attached hydrogen (secondary N) is 4. The molecule has 0 saturated heterocycles. The second-order valence-electron chi connectivity index (χ2n) is 9.58. The number of hydrogen-bond acceptors (Lipinski definition) is 5. The zero-order chi connectivity index (χ0) is 28.4. The highest BCUT2D eigenvalue weighted by molar-refractivity contribution is 6.00. The molecule has 9 nitrogen and oxygen atoms in total. The normalized spacial score (nSPS) is 11.3. The van der Waals surface area contributed by atoms with Gasteiger partial charge in [0.1, 0.15) is 6.04 Å². The van der Waals surface area contributed by atoms with Gasteiger partial charge in [-0.3, -0.25) is 9.59 Å². The van der Waals surface area contributed by atoms with Crippen molar-refractivity contribution in [2.45, 2.75) is 39.7 Å². The lowest BCUT2D eigenvalue weighted by molar-refractivity contribution is -0.126. The van der Waals surface area contributed by atoms with Crippen molar-refractivity contribution >= 4 is 40.9 Å². The molecule has 0 aliphatic heterocycles. The van der Waals surface area contributed by atoms with Gasteiger partial charge < -0.3 is 26.0 Å². The van der Waals surface area contributed by atoms with Crippen LogP contribution in [0.4, 0.5) is 21.9 Å². The average Bonchev–Trinajstić information content (AvgIpc) is 2.90. The molecular weight excluding hydrogens is 496 g/mol. The Bertz CT molecular complexity index is 1320. The third-order valence-corrected chi connectivity index (χ3v) is 5.88. The molecule has 3 aromatic carbocycles. The first kappa shape index (κ1) is 28.9. The largest absolute Gasteiger partial charge is 0.465 e. The molecule has 0 bridgehead atoms. The zero-order valence-corrected chi connectivity index (χ0v) is 22.5. The number of aryl methyl sites for hydroxylation is 1. The van der Waals surface area contributed by atoms with E-state index in [0.717, 1.165) is 16.8 Å². The van der Waals surface area contributed by atoms with Crippen molar-refractivity contribution in [1.82, 2.24) is 5.32 Å². The van der Waals surface area contributed by atoms with E-state index >= 15 is 0 Å². The molecule has 39 heavy (non-hydrogen) atoms. The van der Waals surface area contributed by atoms with E-state index in [0.29, 0.717) is 23.4 Å². The monoisotopic (exact) mass is 530 g/mol. The second-order valence-corrected chi connectivity index (χ2v) is 9.58. The first-order valence-corrected chi connectivity index (χ1v) is 12.7. The van der Waals surface area contributed by atoms with Crippen LogP contribution in [0, 0.1) is 12.8 Å². The molecule has 0 saturated carbocycles. The maximum absolute atomic E-state index is 13.0. The number of rotatable bonds is 10. The van der Waals surface area contributed by atoms with Gasteiger partial charge in [0.2, 0.25) is 11.8 Å². The molecule has 0 aliphatic rings. The summed E-state index contributed by atoms with van der Waals surface area (Å²) in [5.41, 5.74) is 3.72. The minimum atomic E-state index is -0.759. The minimum absolute atomic E-state index is 0.0649. The van der Waals surface area contributed by atoms with Gasteiger partial charge in [-0.05, 0) is 66.8 Å². The predicted molar refractivity (Wildman–Crippen MR) is 152 cm³/mol. The number of methoxy groups -OCH3 is 1. The molecule has 3 aromatic rings. The van der Waals surface area contributed by atoms with E-state index in [4.69, 9.17) is 4.74 Å². The average molecular weight is 531 g/mol. The topological polar surface area (TPSA) is 126 Å². The summed E-state index contributed by atoms with van der Waals surface area (Å²) in [4.78, 5) is 49.9. The maximum atomic E-state index is 13.0. The Morgan fingerprint density at radius 2 is 1.54 bits per heavy atom. The van der Waals surface area contributed by atoms with Crippen molar-refractivity contribution in [1.29, 1.82) is 0 Å². The van der Waals surface area contributed by atoms with Gasteiger partial charge in [-0.1, -0.05) is 50.2 Å². The van der Waals surface area contributed by atoms with E-state index in [1.54, 1.807) is 42.5 Å². The van der Waals surface area contributed by atoms with Gasteiger partial charge in [-0.15, -0.1) is 0 Å². The molecule has 4 amide bonds. The lowest BCUT2D eigenvalue weighted by Crippen LogP contribution is -2.45. The standard InChI is InChI=1S/C30H34N4O5/c1-19(2)16-26(28(36)31-24-10-7-9-22(18-24)29(37)39-4)33-27(35)17-21-12-14-23(15-13-21)32-30(38)34-25-11-6-5-8-20(25)3/h5-15,18-19,26H,16-17H2,1-4H3,(H,31,36)(H,33,35)(H2,32,34,38)/t26-/m0/s1. The minimum Gasteiger partial charge on any atom is -0.465 e. The molecule has 204 valence electrons. The number of esters is 1. The number of anilines is 3. The summed E-state index contributed by atoms with van der Waals surface area (Å²) in [6.07, 6.45) is 0.502.